The van der Waals surface area contributed by atoms with Crippen LogP contribution in [0.3, 0.4) is 0 Å². The van der Waals surface area contributed by atoms with Gasteiger partial charge in [-0.2, -0.15) is 4.68 Å². The van der Waals surface area contributed by atoms with Crippen molar-refractivity contribution in [1.82, 2.24) is 24.0 Å². The van der Waals surface area contributed by atoms with E-state index in [9.17, 15) is 9.59 Å². The maximum absolute atomic E-state index is 12.3. The van der Waals surface area contributed by atoms with Gasteiger partial charge in [-0.15, -0.1) is 5.10 Å². The summed E-state index contributed by atoms with van der Waals surface area (Å²) < 4.78 is 8.37. The predicted octanol–water partition coefficient (Wildman–Crippen LogP) is 1.01. The lowest BCUT2D eigenvalue weighted by Crippen LogP contribution is -2.50. The van der Waals surface area contributed by atoms with Crippen molar-refractivity contribution in [3.05, 3.63) is 34.9 Å². The summed E-state index contributed by atoms with van der Waals surface area (Å²) in [5.41, 5.74) is -0.00649. The quantitative estimate of drug-likeness (QED) is 0.820. The molecule has 3 rings (SSSR count). The Bertz CT molecular complexity index is 781. The number of hydrogen-bond donors (Lipinski definition) is 0. The van der Waals surface area contributed by atoms with E-state index in [-0.39, 0.29) is 11.8 Å². The second kappa shape index (κ2) is 6.27. The molecule has 0 atom stereocenters. The molecule has 0 radical (unpaired) electrons. The molecule has 130 valence electrons. The fraction of sp³-hybridized carbons (Fsp3) is 0.562. The number of carbonyl (C=O) groups excluding carboxylic acids is 1. The zero-order valence-corrected chi connectivity index (χ0v) is 14.3. The number of pyridine rings is 1. The smallest absolute Gasteiger partial charge is 0.410 e. The van der Waals surface area contributed by atoms with Crippen LogP contribution in [-0.2, 0) is 11.4 Å². The number of rotatable bonds is 2. The van der Waals surface area contributed by atoms with Crippen LogP contribution >= 0.6 is 0 Å². The van der Waals surface area contributed by atoms with Crippen molar-refractivity contribution in [3.8, 4) is 0 Å². The van der Waals surface area contributed by atoms with Gasteiger partial charge in [0.1, 0.15) is 5.60 Å². The lowest BCUT2D eigenvalue weighted by atomic mass is 10.2. The van der Waals surface area contributed by atoms with E-state index in [1.54, 1.807) is 23.2 Å². The molecule has 8 nitrogen and oxygen atoms in total. The number of fused-ring (bicyclic) bond motifs is 1. The third kappa shape index (κ3) is 3.59. The van der Waals surface area contributed by atoms with Gasteiger partial charge in [-0.25, -0.2) is 9.59 Å². The first-order valence-corrected chi connectivity index (χ1v) is 8.08. The van der Waals surface area contributed by atoms with Crippen molar-refractivity contribution in [2.24, 2.45) is 0 Å². The Labute approximate surface area is 140 Å². The van der Waals surface area contributed by atoms with E-state index in [1.807, 2.05) is 26.8 Å². The highest BCUT2D eigenvalue weighted by atomic mass is 16.6. The molecule has 8 heteroatoms. The molecular weight excluding hydrogens is 310 g/mol. The summed E-state index contributed by atoms with van der Waals surface area (Å²) in [5, 5.41) is 4.33. The van der Waals surface area contributed by atoms with E-state index in [4.69, 9.17) is 4.74 Å². The maximum Gasteiger partial charge on any atom is 0.410 e. The summed E-state index contributed by atoms with van der Waals surface area (Å²) in [6, 6.07) is 5.46. The predicted molar refractivity (Wildman–Crippen MR) is 88.8 cm³/mol. The van der Waals surface area contributed by atoms with Crippen LogP contribution in [0.25, 0.3) is 5.65 Å². The molecule has 0 bridgehead atoms. The number of nitrogens with zero attached hydrogens (tertiary/aromatic N) is 5. The minimum atomic E-state index is -0.488. The molecule has 1 aliphatic rings. The van der Waals surface area contributed by atoms with Crippen LogP contribution in [-0.4, -0.2) is 61.9 Å². The molecule has 0 saturated carbocycles. The molecule has 0 N–H and O–H groups in total. The van der Waals surface area contributed by atoms with Crippen molar-refractivity contribution >= 4 is 11.7 Å². The Hall–Kier alpha value is -2.35. The Morgan fingerprint density at radius 1 is 1.21 bits per heavy atom. The lowest BCUT2D eigenvalue weighted by Gasteiger charge is -2.35. The standard InChI is InChI=1S/C16H23N5O3/c1-16(2,3)24-15(23)19-10-8-18(9-11-19)12-21-14(22)20-7-5-4-6-13(20)17-21/h4-7H,8-12H2,1-3H3. The molecule has 1 amide bonds. The minimum absolute atomic E-state index is 0.153. The second-order valence-electron chi connectivity index (χ2n) is 6.94. The van der Waals surface area contributed by atoms with E-state index < -0.39 is 5.60 Å². The van der Waals surface area contributed by atoms with Crippen LogP contribution < -0.4 is 5.69 Å². The van der Waals surface area contributed by atoms with E-state index in [1.165, 1.54) is 9.08 Å². The average molecular weight is 333 g/mol. The largest absolute Gasteiger partial charge is 0.444 e. The Morgan fingerprint density at radius 3 is 2.54 bits per heavy atom. The van der Waals surface area contributed by atoms with Gasteiger partial charge in [-0.1, -0.05) is 6.07 Å². The van der Waals surface area contributed by atoms with E-state index in [2.05, 4.69) is 10.00 Å². The summed E-state index contributed by atoms with van der Waals surface area (Å²) in [5.74, 6) is 0. The highest BCUT2D eigenvalue weighted by Crippen LogP contribution is 2.12. The van der Waals surface area contributed by atoms with E-state index in [0.29, 0.717) is 38.5 Å². The van der Waals surface area contributed by atoms with Crippen molar-refractivity contribution in [1.29, 1.82) is 0 Å². The van der Waals surface area contributed by atoms with Gasteiger partial charge < -0.3 is 9.64 Å². The molecular formula is C16H23N5O3. The summed E-state index contributed by atoms with van der Waals surface area (Å²) in [6.45, 7) is 8.51. The number of piperazine rings is 1. The van der Waals surface area contributed by atoms with Gasteiger partial charge in [0, 0.05) is 32.4 Å². The Morgan fingerprint density at radius 2 is 1.92 bits per heavy atom. The fourth-order valence-corrected chi connectivity index (χ4v) is 2.65. The zero-order chi connectivity index (χ0) is 17.3. The van der Waals surface area contributed by atoms with Gasteiger partial charge in [0.2, 0.25) is 0 Å². The third-order valence-corrected chi connectivity index (χ3v) is 3.85. The van der Waals surface area contributed by atoms with Crippen molar-refractivity contribution < 1.29 is 9.53 Å². The molecule has 3 heterocycles. The number of ether oxygens (including phenoxy) is 1. The van der Waals surface area contributed by atoms with Gasteiger partial charge in [0.25, 0.3) is 0 Å². The molecule has 0 unspecified atom stereocenters. The molecule has 0 aliphatic carbocycles. The molecule has 0 spiro atoms. The third-order valence-electron chi connectivity index (χ3n) is 3.85. The van der Waals surface area contributed by atoms with Crippen molar-refractivity contribution in [2.45, 2.75) is 33.0 Å². The number of hydrogen-bond acceptors (Lipinski definition) is 5. The van der Waals surface area contributed by atoms with Crippen LogP contribution in [0.15, 0.2) is 29.2 Å². The van der Waals surface area contributed by atoms with Gasteiger partial charge in [-0.3, -0.25) is 9.30 Å². The van der Waals surface area contributed by atoms with Crippen LogP contribution in [0.5, 0.6) is 0 Å². The van der Waals surface area contributed by atoms with E-state index >= 15 is 0 Å². The van der Waals surface area contributed by atoms with Gasteiger partial charge in [0.15, 0.2) is 5.65 Å². The molecule has 24 heavy (non-hydrogen) atoms. The van der Waals surface area contributed by atoms with Crippen LogP contribution in [0.2, 0.25) is 0 Å². The topological polar surface area (TPSA) is 72.1 Å². The van der Waals surface area contributed by atoms with Crippen molar-refractivity contribution in [3.63, 3.8) is 0 Å². The first kappa shape index (κ1) is 16.5. The zero-order valence-electron chi connectivity index (χ0n) is 14.3. The number of aromatic nitrogens is 3. The summed E-state index contributed by atoms with van der Waals surface area (Å²) in [7, 11) is 0. The number of amides is 1. The summed E-state index contributed by atoms with van der Waals surface area (Å²) in [4.78, 5) is 28.2. The monoisotopic (exact) mass is 333 g/mol. The molecule has 2 aromatic rings. The molecule has 2 aromatic heterocycles. The molecule has 1 fully saturated rings. The molecule has 1 saturated heterocycles. The van der Waals surface area contributed by atoms with E-state index in [0.717, 1.165) is 0 Å². The SMILES string of the molecule is CC(C)(C)OC(=O)N1CCN(Cn2nc3ccccn3c2=O)CC1. The average Bonchev–Trinajstić information content (AvgIpc) is 2.83. The summed E-state index contributed by atoms with van der Waals surface area (Å²) >= 11 is 0. The Balaban J connectivity index is 1.60. The highest BCUT2D eigenvalue weighted by molar-refractivity contribution is 5.68. The number of carbonyl (C=O) groups is 1. The molecule has 0 aromatic carbocycles. The lowest BCUT2D eigenvalue weighted by molar-refractivity contribution is 0.0113. The summed E-state index contributed by atoms with van der Waals surface area (Å²) in [6.07, 6.45) is 1.42. The van der Waals surface area contributed by atoms with Crippen LogP contribution in [0.1, 0.15) is 20.8 Å². The van der Waals surface area contributed by atoms with Crippen LogP contribution in [0.4, 0.5) is 4.79 Å². The first-order chi connectivity index (χ1) is 11.3. The second-order valence-corrected chi connectivity index (χ2v) is 6.94. The minimum Gasteiger partial charge on any atom is -0.444 e. The highest BCUT2D eigenvalue weighted by Gasteiger charge is 2.26. The maximum atomic E-state index is 12.3. The van der Waals surface area contributed by atoms with Gasteiger partial charge >= 0.3 is 11.8 Å². The van der Waals surface area contributed by atoms with Gasteiger partial charge in [-0.05, 0) is 32.9 Å². The fourth-order valence-electron chi connectivity index (χ4n) is 2.65. The first-order valence-electron chi connectivity index (χ1n) is 8.08. The van der Waals surface area contributed by atoms with Crippen molar-refractivity contribution in [2.75, 3.05) is 26.2 Å². The Kier molecular flexibility index (Phi) is 4.31. The van der Waals surface area contributed by atoms with Gasteiger partial charge in [0.05, 0.1) is 6.67 Å². The van der Waals surface area contributed by atoms with Crippen LogP contribution in [0, 0.1) is 0 Å². The molecule has 1 aliphatic heterocycles. The normalized spacial score (nSPS) is 16.5.